The number of ether oxygens (including phenoxy) is 2. The maximum absolute atomic E-state index is 12.9. The number of anilines is 1. The van der Waals surface area contributed by atoms with Crippen LogP contribution >= 0.6 is 0 Å². The molecule has 3 N–H and O–H groups in total. The zero-order valence-corrected chi connectivity index (χ0v) is 17.8. The molecule has 0 aliphatic carbocycles. The molecule has 1 fully saturated rings. The fraction of sp³-hybridized carbons (Fsp3) is 0.458. The highest BCUT2D eigenvalue weighted by Crippen LogP contribution is 2.44. The fourth-order valence-electron chi connectivity index (χ4n) is 4.52. The van der Waals surface area contributed by atoms with E-state index in [9.17, 15) is 4.79 Å². The summed E-state index contributed by atoms with van der Waals surface area (Å²) in [5.41, 5.74) is 10.7. The molecule has 2 aromatic rings. The minimum Gasteiger partial charge on any atom is -0.494 e. The van der Waals surface area contributed by atoms with Gasteiger partial charge in [0.25, 0.3) is 5.91 Å². The van der Waals surface area contributed by atoms with Gasteiger partial charge in [-0.3, -0.25) is 4.79 Å². The number of amides is 1. The Morgan fingerprint density at radius 2 is 1.90 bits per heavy atom. The molecule has 2 aliphatic rings. The highest BCUT2D eigenvalue weighted by molar-refractivity contribution is 5.95. The van der Waals surface area contributed by atoms with Crippen LogP contribution < -0.4 is 15.8 Å². The predicted octanol–water partition coefficient (Wildman–Crippen LogP) is 3.75. The standard InChI is InChI=1S/C24H31N3O3/c1-3-19-22(25)20-15-17(24(28)27-11-13-29-14-12-27)7-10-21(20)26-23(19)16-5-8-18(9-6-16)30-4-2/h5-10,15,19,22-23,26H,3-4,11-14,25H2,1-2H3. The van der Waals surface area contributed by atoms with Gasteiger partial charge in [-0.25, -0.2) is 0 Å². The van der Waals surface area contributed by atoms with Gasteiger partial charge in [0, 0.05) is 36.3 Å². The van der Waals surface area contributed by atoms with Gasteiger partial charge in [0.05, 0.1) is 25.9 Å². The molecule has 2 aliphatic heterocycles. The second-order valence-corrected chi connectivity index (χ2v) is 7.93. The number of hydrogen-bond donors (Lipinski definition) is 2. The maximum atomic E-state index is 12.9. The highest BCUT2D eigenvalue weighted by atomic mass is 16.5. The SMILES string of the molecule is CCOc1ccc(C2Nc3ccc(C(=O)N4CCOCC4)cc3C(N)C2CC)cc1. The van der Waals surface area contributed by atoms with E-state index in [4.69, 9.17) is 15.2 Å². The average molecular weight is 410 g/mol. The molecule has 1 amide bonds. The number of rotatable bonds is 5. The number of hydrogen-bond acceptors (Lipinski definition) is 5. The molecule has 2 heterocycles. The summed E-state index contributed by atoms with van der Waals surface area (Å²) < 4.78 is 10.9. The predicted molar refractivity (Wildman–Crippen MR) is 118 cm³/mol. The van der Waals surface area contributed by atoms with Gasteiger partial charge in [-0.05, 0) is 54.8 Å². The van der Waals surface area contributed by atoms with Crippen LogP contribution in [-0.2, 0) is 4.74 Å². The van der Waals surface area contributed by atoms with Gasteiger partial charge in [0.1, 0.15) is 5.75 Å². The molecule has 0 aromatic heterocycles. The number of carbonyl (C=O) groups is 1. The van der Waals surface area contributed by atoms with E-state index in [-0.39, 0.29) is 23.9 Å². The first-order valence-electron chi connectivity index (χ1n) is 10.9. The first kappa shape index (κ1) is 20.7. The Labute approximate surface area is 178 Å². The summed E-state index contributed by atoms with van der Waals surface area (Å²) in [6, 6.07) is 14.1. The van der Waals surface area contributed by atoms with Gasteiger partial charge in [0.15, 0.2) is 0 Å². The number of nitrogens with zero attached hydrogens (tertiary/aromatic N) is 1. The topological polar surface area (TPSA) is 76.8 Å². The van der Waals surface area contributed by atoms with E-state index in [1.165, 1.54) is 5.56 Å². The van der Waals surface area contributed by atoms with Crippen molar-refractivity contribution in [1.82, 2.24) is 4.90 Å². The Kier molecular flexibility index (Phi) is 6.25. The number of benzene rings is 2. The lowest BCUT2D eigenvalue weighted by atomic mass is 9.78. The lowest BCUT2D eigenvalue weighted by molar-refractivity contribution is 0.0303. The van der Waals surface area contributed by atoms with Crippen LogP contribution in [0.15, 0.2) is 42.5 Å². The molecule has 6 heteroatoms. The first-order valence-corrected chi connectivity index (χ1v) is 10.9. The molecular formula is C24H31N3O3. The van der Waals surface area contributed by atoms with E-state index in [0.717, 1.165) is 23.4 Å². The minimum absolute atomic E-state index is 0.0509. The summed E-state index contributed by atoms with van der Waals surface area (Å²) in [5.74, 6) is 1.15. The van der Waals surface area contributed by atoms with Crippen molar-refractivity contribution < 1.29 is 14.3 Å². The van der Waals surface area contributed by atoms with Crippen LogP contribution in [0.5, 0.6) is 5.75 Å². The second-order valence-electron chi connectivity index (χ2n) is 7.93. The van der Waals surface area contributed by atoms with Crippen molar-refractivity contribution in [1.29, 1.82) is 0 Å². The Morgan fingerprint density at radius 1 is 1.17 bits per heavy atom. The van der Waals surface area contributed by atoms with Crippen LogP contribution in [0, 0.1) is 5.92 Å². The number of nitrogens with one attached hydrogen (secondary N) is 1. The largest absolute Gasteiger partial charge is 0.494 e. The van der Waals surface area contributed by atoms with Crippen molar-refractivity contribution in [2.75, 3.05) is 38.2 Å². The lowest BCUT2D eigenvalue weighted by Crippen LogP contribution is -2.41. The third-order valence-corrected chi connectivity index (χ3v) is 6.18. The van der Waals surface area contributed by atoms with Crippen molar-refractivity contribution in [3.8, 4) is 5.75 Å². The summed E-state index contributed by atoms with van der Waals surface area (Å²) in [6.45, 7) is 7.27. The van der Waals surface area contributed by atoms with E-state index < -0.39 is 0 Å². The minimum atomic E-state index is -0.139. The molecule has 4 rings (SSSR count). The summed E-state index contributed by atoms with van der Waals surface area (Å²) in [6.07, 6.45) is 0.938. The quantitative estimate of drug-likeness (QED) is 0.787. The molecule has 30 heavy (non-hydrogen) atoms. The Bertz CT molecular complexity index is 878. The van der Waals surface area contributed by atoms with Crippen LogP contribution in [0.1, 0.15) is 53.8 Å². The van der Waals surface area contributed by atoms with Crippen LogP contribution in [0.3, 0.4) is 0 Å². The van der Waals surface area contributed by atoms with Gasteiger partial charge in [-0.15, -0.1) is 0 Å². The molecule has 0 spiro atoms. The normalized spacial score (nSPS) is 23.4. The number of morpholine rings is 1. The van der Waals surface area contributed by atoms with Crippen LogP contribution in [-0.4, -0.2) is 43.7 Å². The molecule has 160 valence electrons. The van der Waals surface area contributed by atoms with Gasteiger partial charge < -0.3 is 25.4 Å². The van der Waals surface area contributed by atoms with Crippen LogP contribution in [0.25, 0.3) is 0 Å². The Balaban J connectivity index is 1.59. The van der Waals surface area contributed by atoms with Gasteiger partial charge >= 0.3 is 0 Å². The third kappa shape index (κ3) is 4.02. The third-order valence-electron chi connectivity index (χ3n) is 6.18. The summed E-state index contributed by atoms with van der Waals surface area (Å²) in [4.78, 5) is 14.8. The highest BCUT2D eigenvalue weighted by Gasteiger charge is 2.35. The fourth-order valence-corrected chi connectivity index (χ4v) is 4.52. The molecule has 3 atom stereocenters. The van der Waals surface area contributed by atoms with E-state index in [1.807, 2.05) is 42.2 Å². The molecule has 1 saturated heterocycles. The van der Waals surface area contributed by atoms with Crippen LogP contribution in [0.4, 0.5) is 5.69 Å². The number of fused-ring (bicyclic) bond motifs is 1. The molecule has 0 saturated carbocycles. The molecular weight excluding hydrogens is 378 g/mol. The summed E-state index contributed by atoms with van der Waals surface area (Å²) in [5, 5.41) is 3.68. The van der Waals surface area contributed by atoms with E-state index in [2.05, 4.69) is 24.4 Å². The van der Waals surface area contributed by atoms with Gasteiger partial charge in [-0.1, -0.05) is 19.1 Å². The van der Waals surface area contributed by atoms with Gasteiger partial charge in [-0.2, -0.15) is 0 Å². The number of nitrogens with two attached hydrogens (primary N) is 1. The maximum Gasteiger partial charge on any atom is 0.254 e. The molecule has 2 aromatic carbocycles. The monoisotopic (exact) mass is 409 g/mol. The van der Waals surface area contributed by atoms with Crippen molar-refractivity contribution in [3.63, 3.8) is 0 Å². The molecule has 0 radical (unpaired) electrons. The molecule has 0 bridgehead atoms. The number of carbonyl (C=O) groups excluding carboxylic acids is 1. The van der Waals surface area contributed by atoms with E-state index in [0.29, 0.717) is 38.5 Å². The lowest BCUT2D eigenvalue weighted by Gasteiger charge is -2.39. The van der Waals surface area contributed by atoms with Crippen LogP contribution in [0.2, 0.25) is 0 Å². The smallest absolute Gasteiger partial charge is 0.254 e. The second kappa shape index (κ2) is 9.06. The van der Waals surface area contributed by atoms with Crippen molar-refractivity contribution in [3.05, 3.63) is 59.2 Å². The zero-order valence-electron chi connectivity index (χ0n) is 17.8. The molecule has 3 unspecified atom stereocenters. The Hall–Kier alpha value is -2.57. The van der Waals surface area contributed by atoms with E-state index >= 15 is 0 Å². The Morgan fingerprint density at radius 3 is 2.57 bits per heavy atom. The van der Waals surface area contributed by atoms with Crippen molar-refractivity contribution >= 4 is 11.6 Å². The average Bonchev–Trinajstić information content (AvgIpc) is 2.79. The van der Waals surface area contributed by atoms with Gasteiger partial charge in [0.2, 0.25) is 0 Å². The zero-order chi connectivity index (χ0) is 21.1. The van der Waals surface area contributed by atoms with Crippen molar-refractivity contribution in [2.45, 2.75) is 32.4 Å². The molecule has 6 nitrogen and oxygen atoms in total. The summed E-state index contributed by atoms with van der Waals surface area (Å²) in [7, 11) is 0. The van der Waals surface area contributed by atoms with Crippen molar-refractivity contribution in [2.24, 2.45) is 11.7 Å². The summed E-state index contributed by atoms with van der Waals surface area (Å²) >= 11 is 0. The van der Waals surface area contributed by atoms with E-state index in [1.54, 1.807) is 0 Å². The first-order chi connectivity index (χ1) is 14.6.